The molecule has 0 saturated heterocycles. The number of nitrogen functional groups attached to an aromatic ring is 1. The monoisotopic (exact) mass is 547 g/mol. The van der Waals surface area contributed by atoms with Gasteiger partial charge in [-0.1, -0.05) is 6.07 Å². The first-order valence-corrected chi connectivity index (χ1v) is 12.8. The molecule has 2 aromatic heterocycles. The Morgan fingerprint density at radius 2 is 1.56 bits per heavy atom. The zero-order chi connectivity index (χ0) is 29.4. The lowest BCUT2D eigenvalue weighted by Gasteiger charge is -2.21. The zero-order valence-electron chi connectivity index (χ0n) is 23.1. The minimum absolute atomic E-state index is 0.269. The van der Waals surface area contributed by atoms with Crippen LogP contribution in [0.2, 0.25) is 0 Å². The third-order valence-electron chi connectivity index (χ3n) is 7.05. The van der Waals surface area contributed by atoms with Crippen molar-refractivity contribution >= 4 is 45.8 Å². The second kappa shape index (κ2) is 10.6. The number of hydrogen-bond donors (Lipinski definition) is 3. The van der Waals surface area contributed by atoms with Crippen molar-refractivity contribution in [1.82, 2.24) is 14.8 Å². The van der Waals surface area contributed by atoms with Crippen LogP contribution in [-0.2, 0) is 7.05 Å². The van der Waals surface area contributed by atoms with E-state index in [0.29, 0.717) is 39.6 Å². The number of carbonyl (C=O) groups excluding carboxylic acids is 3. The lowest BCUT2D eigenvalue weighted by Crippen LogP contribution is -2.27. The predicted molar refractivity (Wildman–Crippen MR) is 160 cm³/mol. The summed E-state index contributed by atoms with van der Waals surface area (Å²) >= 11 is 0. The summed E-state index contributed by atoms with van der Waals surface area (Å²) in [5.74, 6) is -0.709. The SMILES string of the molecule is Cc1cc(N)ncc1-c1nn(C)c2ccc(C(=O)Nc3ccc(C)c(N(C)C(=O)c4ccc(C(N)=O)cc4)c3)cc12. The highest BCUT2D eigenvalue weighted by atomic mass is 16.2. The van der Waals surface area contributed by atoms with Gasteiger partial charge in [0.25, 0.3) is 11.8 Å². The first kappa shape index (κ1) is 27.1. The van der Waals surface area contributed by atoms with Gasteiger partial charge >= 0.3 is 0 Å². The van der Waals surface area contributed by atoms with Crippen molar-refractivity contribution in [3.8, 4) is 11.3 Å². The predicted octanol–water partition coefficient (Wildman–Crippen LogP) is 4.46. The fourth-order valence-electron chi connectivity index (χ4n) is 4.76. The van der Waals surface area contributed by atoms with Crippen LogP contribution in [0.1, 0.15) is 42.2 Å². The average Bonchev–Trinajstić information content (AvgIpc) is 3.28. The number of amides is 3. The number of primary amides is 1. The van der Waals surface area contributed by atoms with Crippen LogP contribution in [0.25, 0.3) is 22.2 Å². The molecular formula is C31H29N7O3. The molecule has 0 aliphatic rings. The molecule has 0 aliphatic carbocycles. The third kappa shape index (κ3) is 5.22. The molecule has 0 bridgehead atoms. The molecule has 0 saturated carbocycles. The van der Waals surface area contributed by atoms with E-state index in [0.717, 1.165) is 27.6 Å². The smallest absolute Gasteiger partial charge is 0.258 e. The van der Waals surface area contributed by atoms with Crippen molar-refractivity contribution in [3.63, 3.8) is 0 Å². The molecule has 41 heavy (non-hydrogen) atoms. The Bertz CT molecular complexity index is 1840. The van der Waals surface area contributed by atoms with Gasteiger partial charge in [-0.2, -0.15) is 5.10 Å². The Morgan fingerprint density at radius 3 is 2.24 bits per heavy atom. The first-order chi connectivity index (χ1) is 19.5. The van der Waals surface area contributed by atoms with E-state index >= 15 is 0 Å². The standard InChI is InChI=1S/C31H29N7O3/c1-17-5-11-22(15-26(17)37(3)31(41)20-8-6-19(7-9-20)29(33)39)35-30(40)21-10-12-25-23(14-21)28(36-38(25)4)24-16-34-27(32)13-18(24)2/h5-16H,1-4H3,(H2,32,34)(H2,33,39)(H,35,40). The van der Waals surface area contributed by atoms with Crippen LogP contribution in [-0.4, -0.2) is 39.5 Å². The number of carbonyl (C=O) groups is 3. The second-order valence-electron chi connectivity index (χ2n) is 9.89. The minimum atomic E-state index is -0.562. The van der Waals surface area contributed by atoms with Crippen molar-refractivity contribution in [2.45, 2.75) is 13.8 Å². The lowest BCUT2D eigenvalue weighted by atomic mass is 10.0. The number of benzene rings is 3. The summed E-state index contributed by atoms with van der Waals surface area (Å²) in [6.07, 6.45) is 1.69. The Hall–Kier alpha value is -5.51. The third-order valence-corrected chi connectivity index (χ3v) is 7.05. The van der Waals surface area contributed by atoms with Crippen LogP contribution in [0, 0.1) is 13.8 Å². The summed E-state index contributed by atoms with van der Waals surface area (Å²) in [4.78, 5) is 43.6. The number of nitrogens with two attached hydrogens (primary N) is 2. The number of aryl methyl sites for hydroxylation is 3. The largest absolute Gasteiger partial charge is 0.384 e. The zero-order valence-corrected chi connectivity index (χ0v) is 23.1. The summed E-state index contributed by atoms with van der Waals surface area (Å²) < 4.78 is 1.77. The van der Waals surface area contributed by atoms with Gasteiger partial charge in [0.05, 0.1) is 5.52 Å². The quantitative estimate of drug-likeness (QED) is 0.286. The maximum Gasteiger partial charge on any atom is 0.258 e. The average molecular weight is 548 g/mol. The summed E-state index contributed by atoms with van der Waals surface area (Å²) in [6, 6.07) is 18.7. The summed E-state index contributed by atoms with van der Waals surface area (Å²) in [6.45, 7) is 3.82. The highest BCUT2D eigenvalue weighted by molar-refractivity contribution is 6.09. The fourth-order valence-corrected chi connectivity index (χ4v) is 4.76. The normalized spacial score (nSPS) is 10.9. The highest BCUT2D eigenvalue weighted by Crippen LogP contribution is 2.31. The number of fused-ring (bicyclic) bond motifs is 1. The van der Waals surface area contributed by atoms with E-state index in [9.17, 15) is 14.4 Å². The Balaban J connectivity index is 1.41. The van der Waals surface area contributed by atoms with Crippen LogP contribution in [0.4, 0.5) is 17.2 Å². The maximum absolute atomic E-state index is 13.3. The number of aromatic nitrogens is 3. The molecular weight excluding hydrogens is 518 g/mol. The Kier molecular flexibility index (Phi) is 6.98. The second-order valence-corrected chi connectivity index (χ2v) is 9.89. The number of hydrogen-bond acceptors (Lipinski definition) is 6. The molecule has 3 aromatic carbocycles. The molecule has 0 radical (unpaired) electrons. The van der Waals surface area contributed by atoms with Gasteiger partial charge in [0.2, 0.25) is 5.91 Å². The molecule has 0 spiro atoms. The summed E-state index contributed by atoms with van der Waals surface area (Å²) in [7, 11) is 3.51. The molecule has 3 amide bonds. The molecule has 2 heterocycles. The maximum atomic E-state index is 13.3. The van der Waals surface area contributed by atoms with Gasteiger partial charge in [-0.05, 0) is 85.6 Å². The van der Waals surface area contributed by atoms with Crippen LogP contribution in [0.15, 0.2) is 72.9 Å². The fraction of sp³-hybridized carbons (Fsp3) is 0.129. The van der Waals surface area contributed by atoms with Gasteiger partial charge in [-0.3, -0.25) is 19.1 Å². The molecule has 206 valence electrons. The van der Waals surface area contributed by atoms with Gasteiger partial charge in [0.15, 0.2) is 0 Å². The molecule has 5 N–H and O–H groups in total. The van der Waals surface area contributed by atoms with Crippen LogP contribution in [0.3, 0.4) is 0 Å². The van der Waals surface area contributed by atoms with E-state index in [1.54, 1.807) is 54.3 Å². The lowest BCUT2D eigenvalue weighted by molar-refractivity contribution is 0.0984. The van der Waals surface area contributed by atoms with Gasteiger partial charge in [-0.15, -0.1) is 0 Å². The van der Waals surface area contributed by atoms with Gasteiger partial charge in [0.1, 0.15) is 11.5 Å². The molecule has 10 heteroatoms. The van der Waals surface area contributed by atoms with Gasteiger partial charge in [-0.25, -0.2) is 4.98 Å². The van der Waals surface area contributed by atoms with E-state index in [1.165, 1.54) is 17.0 Å². The number of pyridine rings is 1. The van der Waals surface area contributed by atoms with Crippen LogP contribution < -0.4 is 21.7 Å². The highest BCUT2D eigenvalue weighted by Gasteiger charge is 2.19. The Morgan fingerprint density at radius 1 is 0.878 bits per heavy atom. The van der Waals surface area contributed by atoms with Gasteiger partial charge in [0, 0.05) is 59.3 Å². The summed E-state index contributed by atoms with van der Waals surface area (Å²) in [5.41, 5.74) is 17.7. The van der Waals surface area contributed by atoms with Crippen molar-refractivity contribution in [2.24, 2.45) is 12.8 Å². The molecule has 0 fully saturated rings. The number of rotatable bonds is 6. The van der Waals surface area contributed by atoms with E-state index < -0.39 is 5.91 Å². The number of anilines is 3. The molecule has 0 aliphatic heterocycles. The number of nitrogens with one attached hydrogen (secondary N) is 1. The molecule has 5 rings (SSSR count). The molecule has 10 nitrogen and oxygen atoms in total. The Labute approximate surface area is 236 Å². The number of nitrogens with zero attached hydrogens (tertiary/aromatic N) is 4. The van der Waals surface area contributed by atoms with Crippen molar-refractivity contribution in [2.75, 3.05) is 23.0 Å². The minimum Gasteiger partial charge on any atom is -0.384 e. The first-order valence-electron chi connectivity index (χ1n) is 12.8. The van der Waals surface area contributed by atoms with Gasteiger partial charge < -0.3 is 21.7 Å². The van der Waals surface area contributed by atoms with E-state index in [2.05, 4.69) is 15.4 Å². The van der Waals surface area contributed by atoms with Crippen molar-refractivity contribution in [3.05, 3.63) is 101 Å². The van der Waals surface area contributed by atoms with Crippen molar-refractivity contribution < 1.29 is 14.4 Å². The van der Waals surface area contributed by atoms with Crippen molar-refractivity contribution in [1.29, 1.82) is 0 Å². The summed E-state index contributed by atoms with van der Waals surface area (Å²) in [5, 5.41) is 8.43. The van der Waals surface area contributed by atoms with E-state index in [1.807, 2.05) is 39.1 Å². The van der Waals surface area contributed by atoms with E-state index in [-0.39, 0.29) is 11.8 Å². The topological polar surface area (TPSA) is 149 Å². The molecule has 5 aromatic rings. The molecule has 0 unspecified atom stereocenters. The van der Waals surface area contributed by atoms with Crippen LogP contribution >= 0.6 is 0 Å². The van der Waals surface area contributed by atoms with E-state index in [4.69, 9.17) is 11.5 Å². The molecule has 0 atom stereocenters. The van der Waals surface area contributed by atoms with Crippen LogP contribution in [0.5, 0.6) is 0 Å².